The molecule has 2 amide bonds. The number of nitrogens with one attached hydrogen (secondary N) is 1. The maximum atomic E-state index is 14.4. The number of hydrogen-bond acceptors (Lipinski definition) is 17. The number of likely N-dealkylation sites (tertiary alicyclic amines) is 2. The molecule has 1 aliphatic carbocycles. The highest BCUT2D eigenvalue weighted by molar-refractivity contribution is 5.91. The molecule has 6 aliphatic rings. The summed E-state index contributed by atoms with van der Waals surface area (Å²) in [6, 6.07) is 22.8. The van der Waals surface area contributed by atoms with Gasteiger partial charge in [-0.25, -0.2) is 9.97 Å². The van der Waals surface area contributed by atoms with E-state index in [0.29, 0.717) is 52.6 Å². The number of hydrogen-bond donors (Lipinski definition) is 4. The van der Waals surface area contributed by atoms with Gasteiger partial charge in [0.05, 0.1) is 23.5 Å². The van der Waals surface area contributed by atoms with Gasteiger partial charge in [0.1, 0.15) is 29.6 Å². The summed E-state index contributed by atoms with van der Waals surface area (Å²) in [4.78, 5) is 51.1. The maximum absolute atomic E-state index is 14.4. The summed E-state index contributed by atoms with van der Waals surface area (Å²) in [7, 11) is 0. The first kappa shape index (κ1) is 54.3. The molecule has 0 radical (unpaired) electrons. The van der Waals surface area contributed by atoms with E-state index >= 15 is 0 Å². The van der Waals surface area contributed by atoms with Gasteiger partial charge in [-0.3, -0.25) is 14.5 Å². The number of β-amino-alcohol motifs (C(OH)–C–C–N with tert-alkyl or cyclic N) is 1. The number of ether oxygens (including phenoxy) is 1. The van der Waals surface area contributed by atoms with Gasteiger partial charge in [-0.2, -0.15) is 0 Å². The van der Waals surface area contributed by atoms with Crippen LogP contribution in [0, 0.1) is 24.7 Å². The van der Waals surface area contributed by atoms with Crippen molar-refractivity contribution in [1.29, 1.82) is 0 Å². The van der Waals surface area contributed by atoms with Crippen LogP contribution in [0.15, 0.2) is 95.9 Å². The number of carbonyl (C=O) groups excluding carboxylic acids is 2. The summed E-state index contributed by atoms with van der Waals surface area (Å²) in [5.74, 6) is 3.38. The highest BCUT2D eigenvalue weighted by Crippen LogP contribution is 2.41. The van der Waals surface area contributed by atoms with E-state index in [4.69, 9.17) is 15.0 Å². The predicted molar refractivity (Wildman–Crippen MR) is 309 cm³/mol. The largest absolute Gasteiger partial charge is 0.507 e. The number of aliphatic hydroxyl groups is 1. The van der Waals surface area contributed by atoms with Gasteiger partial charge in [-0.05, 0) is 125 Å². The number of aliphatic hydroxyl groups excluding tert-OH is 1. The third-order valence-corrected chi connectivity index (χ3v) is 18.2. The van der Waals surface area contributed by atoms with Crippen LogP contribution in [0.5, 0.6) is 11.6 Å². The van der Waals surface area contributed by atoms with E-state index in [1.54, 1.807) is 18.3 Å². The molecular weight excluding hydrogens is 1020 g/mol. The summed E-state index contributed by atoms with van der Waals surface area (Å²) < 4.78 is 14.5. The Morgan fingerprint density at radius 2 is 1.52 bits per heavy atom. The molecule has 428 valence electrons. The van der Waals surface area contributed by atoms with E-state index in [2.05, 4.69) is 67.3 Å². The zero-order chi connectivity index (χ0) is 55.9. The number of rotatable bonds is 17. The molecule has 1 saturated carbocycles. The van der Waals surface area contributed by atoms with Crippen molar-refractivity contribution in [3.8, 4) is 28.6 Å². The van der Waals surface area contributed by atoms with Crippen LogP contribution in [0.4, 0.5) is 23.0 Å². The highest BCUT2D eigenvalue weighted by Gasteiger charge is 2.45. The number of pyridine rings is 1. The number of piperazine rings is 2. The van der Waals surface area contributed by atoms with Crippen LogP contribution >= 0.6 is 0 Å². The van der Waals surface area contributed by atoms with Crippen LogP contribution in [0.1, 0.15) is 94.8 Å². The lowest BCUT2D eigenvalue weighted by Gasteiger charge is -2.43. The summed E-state index contributed by atoms with van der Waals surface area (Å²) in [6.07, 6.45) is 11.8. The Morgan fingerprint density at radius 1 is 0.790 bits per heavy atom. The van der Waals surface area contributed by atoms with Crippen molar-refractivity contribution in [2.75, 3.05) is 92.4 Å². The molecule has 9 heterocycles. The zero-order valence-corrected chi connectivity index (χ0v) is 47.1. The number of anilines is 4. The van der Waals surface area contributed by atoms with Gasteiger partial charge in [-0.1, -0.05) is 43.3 Å². The number of carbonyl (C=O) groups is 2. The number of benzene rings is 2. The number of aromatic hydroxyl groups is 1. The number of fused-ring (bicyclic) bond motifs is 2. The van der Waals surface area contributed by atoms with E-state index < -0.39 is 18.1 Å². The van der Waals surface area contributed by atoms with Crippen LogP contribution < -0.4 is 30.5 Å². The first-order valence-electron chi connectivity index (χ1n) is 29.4. The first-order valence-corrected chi connectivity index (χ1v) is 29.4. The monoisotopic (exact) mass is 1100 g/mol. The molecule has 20 heteroatoms. The summed E-state index contributed by atoms with van der Waals surface area (Å²) >= 11 is 0. The molecule has 5 saturated heterocycles. The van der Waals surface area contributed by atoms with E-state index in [0.717, 1.165) is 125 Å². The van der Waals surface area contributed by atoms with Crippen LogP contribution in [-0.2, 0) is 9.59 Å². The molecular formula is C61H78N14O6. The van der Waals surface area contributed by atoms with Gasteiger partial charge in [0.25, 0.3) is 0 Å². The van der Waals surface area contributed by atoms with Crippen molar-refractivity contribution in [2.24, 2.45) is 17.8 Å². The Bertz CT molecular complexity index is 3130. The lowest BCUT2D eigenvalue weighted by Crippen LogP contribution is -2.54. The molecule has 2 bridgehead atoms. The van der Waals surface area contributed by atoms with E-state index in [1.807, 2.05) is 93.2 Å². The number of phenolic OH excluding ortho intramolecular Hbond substituents is 1. The van der Waals surface area contributed by atoms with Crippen molar-refractivity contribution in [3.63, 3.8) is 0 Å². The number of piperidine rings is 1. The standard InChI is InChI=1S/C61H78N14O6/c1-38(2)58(61(79)74-37-48(76)30-53(74)60(78)65-39(3)43-9-11-44(12-10-43)73-22-19-63-40(73)4)55-32-56(68-81-55)71-25-23-70(24-26-71)33-41-16-20-69(21-17-41)34-42-27-49(28-42)80-57-29-45(15-18-64-57)75-46-13-14-47(75)36-72(35-46)52-31-51(66-67-59(52)62)50-7-5-6-8-54(50)77/h5-12,15,18-19,22,29,31-32,38-39,41-42,46-49,53,58,76-77H,13-14,16-17,20-21,23-28,30,33-37H2,1-4H3,(H2,62,67)(H,65,78)/t39-,42?,46+,47?,48+,49?,53-,58+/m0/s1. The summed E-state index contributed by atoms with van der Waals surface area (Å²) in [5.41, 5.74) is 11.6. The number of aromatic nitrogens is 6. The highest BCUT2D eigenvalue weighted by atomic mass is 16.5. The van der Waals surface area contributed by atoms with Crippen molar-refractivity contribution >= 4 is 34.8 Å². The fraction of sp³-hybridized carbons (Fsp3) is 0.525. The molecule has 1 unspecified atom stereocenters. The number of phenols is 1. The van der Waals surface area contributed by atoms with Gasteiger partial charge in [0, 0.05) is 125 Å². The summed E-state index contributed by atoms with van der Waals surface area (Å²) in [5, 5.41) is 37.5. The minimum absolute atomic E-state index is 0.0833. The average Bonchev–Trinajstić information content (AvgIpc) is 4.28. The van der Waals surface area contributed by atoms with Crippen molar-refractivity contribution < 1.29 is 29.1 Å². The van der Waals surface area contributed by atoms with E-state index in [-0.39, 0.29) is 48.6 Å². The summed E-state index contributed by atoms with van der Waals surface area (Å²) in [6.45, 7) is 17.6. The normalized spacial score (nSPS) is 24.4. The van der Waals surface area contributed by atoms with Crippen LogP contribution in [0.3, 0.4) is 0 Å². The predicted octanol–water partition coefficient (Wildman–Crippen LogP) is 6.44. The minimum Gasteiger partial charge on any atom is -0.507 e. The minimum atomic E-state index is -0.804. The molecule has 6 fully saturated rings. The zero-order valence-electron chi connectivity index (χ0n) is 47.1. The number of para-hydroxylation sites is 1. The van der Waals surface area contributed by atoms with Gasteiger partial charge >= 0.3 is 0 Å². The Hall–Kier alpha value is -7.29. The Balaban J connectivity index is 0.564. The number of nitrogen functional groups attached to an aromatic ring is 1. The molecule has 5 aliphatic heterocycles. The van der Waals surface area contributed by atoms with Gasteiger partial charge in [-0.15, -0.1) is 10.2 Å². The SMILES string of the molecule is Cc1nccn1-c1ccc([C@H](C)NC(=O)[C@@H]2C[C@@H](O)CN2C(=O)[C@@H](c2cc(N3CCN(CC4CCN(CC5CC(Oc6cc(N7C8CC[C@@H]7CN(c7cc(-c9ccccc9O)nnc7N)C8)ccn6)C5)CC4)CC3)no2)C(C)C)cc1. The number of nitrogens with zero attached hydrogens (tertiary/aromatic N) is 12. The number of aryl methyl sites for hydroxylation is 1. The second kappa shape index (κ2) is 23.3. The molecule has 6 aromatic rings. The van der Waals surface area contributed by atoms with Crippen LogP contribution in [-0.4, -0.2) is 169 Å². The van der Waals surface area contributed by atoms with E-state index in [9.17, 15) is 19.8 Å². The van der Waals surface area contributed by atoms with Gasteiger partial charge in [0.15, 0.2) is 17.4 Å². The lowest BCUT2D eigenvalue weighted by molar-refractivity contribution is -0.141. The Kier molecular flexibility index (Phi) is 15.6. The fourth-order valence-corrected chi connectivity index (χ4v) is 13.7. The number of imidazole rings is 1. The second-order valence-electron chi connectivity index (χ2n) is 24.0. The van der Waals surface area contributed by atoms with Crippen molar-refractivity contribution in [3.05, 3.63) is 109 Å². The quantitative estimate of drug-likeness (QED) is 0.0772. The molecule has 4 aromatic heterocycles. The molecule has 81 heavy (non-hydrogen) atoms. The van der Waals surface area contributed by atoms with Crippen LogP contribution in [0.25, 0.3) is 16.9 Å². The number of nitrogens with two attached hydrogens (primary N) is 1. The third-order valence-electron chi connectivity index (χ3n) is 18.2. The maximum Gasteiger partial charge on any atom is 0.243 e. The molecule has 5 N–H and O–H groups in total. The molecule has 12 rings (SSSR count). The molecule has 0 spiro atoms. The third kappa shape index (κ3) is 11.6. The van der Waals surface area contributed by atoms with Gasteiger partial charge in [0.2, 0.25) is 17.7 Å². The first-order chi connectivity index (χ1) is 39.3. The smallest absolute Gasteiger partial charge is 0.243 e. The Morgan fingerprint density at radius 3 is 2.23 bits per heavy atom. The van der Waals surface area contributed by atoms with E-state index in [1.165, 1.54) is 17.7 Å². The fourth-order valence-electron chi connectivity index (χ4n) is 13.7. The molecule has 20 nitrogen and oxygen atoms in total. The Labute approximate surface area is 474 Å². The van der Waals surface area contributed by atoms with Crippen molar-refractivity contribution in [2.45, 2.75) is 115 Å². The molecule has 2 aromatic carbocycles. The van der Waals surface area contributed by atoms with Crippen molar-refractivity contribution in [1.82, 2.24) is 49.9 Å². The second-order valence-corrected chi connectivity index (χ2v) is 24.0. The van der Waals surface area contributed by atoms with Crippen LogP contribution in [0.2, 0.25) is 0 Å². The average molecular weight is 1100 g/mol. The van der Waals surface area contributed by atoms with Gasteiger partial charge < -0.3 is 59.6 Å². The topological polar surface area (TPSA) is 224 Å². The number of amides is 2. The molecule has 6 atom stereocenters. The lowest BCUT2D eigenvalue weighted by atomic mass is 9.81.